The third kappa shape index (κ3) is 10.9. The fraction of sp³-hybridized carbons (Fsp3) is 0.400. The Bertz CT molecular complexity index is 1380. The van der Waals surface area contributed by atoms with Gasteiger partial charge in [-0.05, 0) is 62.1 Å². The van der Waals surface area contributed by atoms with Crippen molar-refractivity contribution >= 4 is 34.9 Å². The summed E-state index contributed by atoms with van der Waals surface area (Å²) in [5, 5.41) is 30.8. The molecule has 13 nitrogen and oxygen atoms in total. The molecule has 45 heavy (non-hydrogen) atoms. The second-order valence-corrected chi connectivity index (χ2v) is 10.8. The van der Waals surface area contributed by atoms with Gasteiger partial charge in [0, 0.05) is 24.5 Å². The van der Waals surface area contributed by atoms with Gasteiger partial charge in [-0.15, -0.1) is 0 Å². The summed E-state index contributed by atoms with van der Waals surface area (Å²) in [6.07, 6.45) is 5.88. The van der Waals surface area contributed by atoms with Gasteiger partial charge in [-0.2, -0.15) is 0 Å². The van der Waals surface area contributed by atoms with Crippen LogP contribution in [0.5, 0.6) is 11.5 Å². The van der Waals surface area contributed by atoms with Crippen molar-refractivity contribution in [1.29, 1.82) is 0 Å². The summed E-state index contributed by atoms with van der Waals surface area (Å²) in [5.41, 5.74) is 10.4. The minimum Gasteiger partial charge on any atom is -0.491 e. The molecule has 2 amide bonds. The second-order valence-electron chi connectivity index (χ2n) is 10.4. The van der Waals surface area contributed by atoms with Gasteiger partial charge in [0.05, 0.1) is 47.7 Å². The normalized spacial score (nSPS) is 16.2. The van der Waals surface area contributed by atoms with Gasteiger partial charge in [0.15, 0.2) is 5.69 Å². The molecule has 0 saturated heterocycles. The number of aliphatic hydroxyl groups excluding tert-OH is 3. The van der Waals surface area contributed by atoms with Crippen LogP contribution in [0, 0.1) is 0 Å². The molecule has 3 aromatic rings. The highest BCUT2D eigenvalue weighted by Crippen LogP contribution is 2.30. The fourth-order valence-electron chi connectivity index (χ4n) is 4.07. The van der Waals surface area contributed by atoms with Crippen LogP contribution in [0.4, 0.5) is 15.9 Å². The predicted octanol–water partition coefficient (Wildman–Crippen LogP) is 2.29. The SMILES string of the molecule is NC(CO)(CO)CO.NC1CCC(Oc2cc(OCCF)ccc2C(=O)Nc2cccnc2C(=O)Nc2ccc(Cl)cn2)CC1. The number of pyridine rings is 2. The first kappa shape index (κ1) is 35.6. The van der Waals surface area contributed by atoms with Crippen LogP contribution >= 0.6 is 11.6 Å². The first-order valence-corrected chi connectivity index (χ1v) is 14.5. The van der Waals surface area contributed by atoms with Crippen LogP contribution in [0.15, 0.2) is 54.9 Å². The molecule has 4 rings (SSSR count). The van der Waals surface area contributed by atoms with Crippen molar-refractivity contribution in [3.8, 4) is 11.5 Å². The van der Waals surface area contributed by atoms with E-state index < -0.39 is 43.8 Å². The molecule has 1 aliphatic rings. The maximum absolute atomic E-state index is 13.3. The Morgan fingerprint density at radius 1 is 1.00 bits per heavy atom. The van der Waals surface area contributed by atoms with Crippen molar-refractivity contribution in [3.63, 3.8) is 0 Å². The first-order valence-electron chi connectivity index (χ1n) is 14.2. The van der Waals surface area contributed by atoms with Crippen molar-refractivity contribution in [2.75, 3.05) is 43.7 Å². The molecule has 0 aliphatic heterocycles. The largest absolute Gasteiger partial charge is 0.491 e. The van der Waals surface area contributed by atoms with Crippen LogP contribution < -0.4 is 31.6 Å². The number of hydrogen-bond donors (Lipinski definition) is 7. The van der Waals surface area contributed by atoms with E-state index in [2.05, 4.69) is 20.6 Å². The zero-order valence-electron chi connectivity index (χ0n) is 24.5. The summed E-state index contributed by atoms with van der Waals surface area (Å²) in [6.45, 7) is -1.96. The van der Waals surface area contributed by atoms with Crippen LogP contribution in [-0.2, 0) is 0 Å². The summed E-state index contributed by atoms with van der Waals surface area (Å²) in [5.74, 6) is -0.103. The number of nitrogens with zero attached hydrogens (tertiary/aromatic N) is 2. The van der Waals surface area contributed by atoms with E-state index in [0.29, 0.717) is 16.5 Å². The number of aliphatic hydroxyl groups is 3. The molecule has 0 radical (unpaired) electrons. The van der Waals surface area contributed by atoms with Gasteiger partial charge in [0.2, 0.25) is 0 Å². The van der Waals surface area contributed by atoms with Gasteiger partial charge in [-0.1, -0.05) is 11.6 Å². The maximum Gasteiger partial charge on any atom is 0.277 e. The van der Waals surface area contributed by atoms with Crippen molar-refractivity contribution in [3.05, 3.63) is 71.1 Å². The zero-order valence-corrected chi connectivity index (χ0v) is 25.3. The number of hydrogen-bond acceptors (Lipinski definition) is 11. The van der Waals surface area contributed by atoms with Crippen molar-refractivity contribution in [2.24, 2.45) is 11.5 Å². The van der Waals surface area contributed by atoms with E-state index in [1.165, 1.54) is 12.4 Å². The van der Waals surface area contributed by atoms with Crippen molar-refractivity contribution in [2.45, 2.75) is 43.4 Å². The Labute approximate surface area is 264 Å². The summed E-state index contributed by atoms with van der Waals surface area (Å²) < 4.78 is 24.2. The molecule has 0 bridgehead atoms. The lowest BCUT2D eigenvalue weighted by Gasteiger charge is -2.27. The zero-order chi connectivity index (χ0) is 32.8. The quantitative estimate of drug-likeness (QED) is 0.151. The fourth-order valence-corrected chi connectivity index (χ4v) is 4.18. The monoisotopic (exact) mass is 648 g/mol. The maximum atomic E-state index is 13.3. The predicted molar refractivity (Wildman–Crippen MR) is 166 cm³/mol. The molecule has 15 heteroatoms. The number of benzene rings is 1. The molecule has 2 heterocycles. The number of alkyl halides is 1. The average molecular weight is 649 g/mol. The van der Waals surface area contributed by atoms with Gasteiger partial charge < -0.3 is 46.9 Å². The Morgan fingerprint density at radius 3 is 2.31 bits per heavy atom. The first-order chi connectivity index (χ1) is 21.6. The van der Waals surface area contributed by atoms with E-state index in [4.69, 9.17) is 47.9 Å². The summed E-state index contributed by atoms with van der Waals surface area (Å²) in [7, 11) is 0. The molecule has 9 N–H and O–H groups in total. The van der Waals surface area contributed by atoms with E-state index in [1.807, 2.05) is 0 Å². The Hall–Kier alpha value is -3.92. The highest BCUT2D eigenvalue weighted by atomic mass is 35.5. The van der Waals surface area contributed by atoms with E-state index >= 15 is 0 Å². The Balaban J connectivity index is 0.000000610. The lowest BCUT2D eigenvalue weighted by Crippen LogP contribution is -2.50. The van der Waals surface area contributed by atoms with Gasteiger partial charge in [0.25, 0.3) is 11.8 Å². The number of ether oxygens (including phenoxy) is 2. The van der Waals surface area contributed by atoms with Crippen LogP contribution in [0.25, 0.3) is 0 Å². The standard InChI is InChI=1S/C26H27ClFN5O4.C4H11NO3/c27-16-3-10-23(31-15-16)33-26(35)24-21(2-1-12-30-24)32-25(34)20-9-8-19(36-13-11-28)14-22(20)37-18-6-4-17(29)5-7-18;5-4(1-6,2-7)3-8/h1-3,8-10,12,14-15,17-18H,4-7,11,13,29H2,(H,32,34)(H,31,33,35);6-8H,1-3,5H2. The number of nitrogens with two attached hydrogens (primary N) is 2. The molecule has 244 valence electrons. The van der Waals surface area contributed by atoms with Crippen LogP contribution in [0.2, 0.25) is 5.02 Å². The molecule has 1 saturated carbocycles. The smallest absolute Gasteiger partial charge is 0.277 e. The molecule has 2 aromatic heterocycles. The molecule has 0 atom stereocenters. The molecule has 1 aliphatic carbocycles. The van der Waals surface area contributed by atoms with Crippen LogP contribution in [0.3, 0.4) is 0 Å². The van der Waals surface area contributed by atoms with E-state index in [0.717, 1.165) is 25.7 Å². The van der Waals surface area contributed by atoms with Gasteiger partial charge in [-0.3, -0.25) is 9.59 Å². The lowest BCUT2D eigenvalue weighted by molar-refractivity contribution is 0.0697. The van der Waals surface area contributed by atoms with Crippen molar-refractivity contribution < 1.29 is 38.8 Å². The topological polar surface area (TPSA) is 215 Å². The number of nitrogens with one attached hydrogen (secondary N) is 2. The molecule has 1 fully saturated rings. The summed E-state index contributed by atoms with van der Waals surface area (Å²) >= 11 is 5.85. The van der Waals surface area contributed by atoms with Crippen molar-refractivity contribution in [1.82, 2.24) is 9.97 Å². The third-order valence-corrected chi connectivity index (χ3v) is 6.96. The average Bonchev–Trinajstić information content (AvgIpc) is 3.06. The number of rotatable bonds is 12. The minimum absolute atomic E-state index is 0.000708. The number of amides is 2. The molecular formula is C30H38ClFN6O7. The van der Waals surface area contributed by atoms with Gasteiger partial charge in [-0.25, -0.2) is 14.4 Å². The van der Waals surface area contributed by atoms with E-state index in [-0.39, 0.29) is 41.5 Å². The van der Waals surface area contributed by atoms with E-state index in [9.17, 15) is 14.0 Å². The highest BCUT2D eigenvalue weighted by molar-refractivity contribution is 6.30. The lowest BCUT2D eigenvalue weighted by atomic mass is 9.93. The Morgan fingerprint density at radius 2 is 1.71 bits per heavy atom. The molecular weight excluding hydrogens is 611 g/mol. The number of halogens is 2. The minimum atomic E-state index is -1.21. The van der Waals surface area contributed by atoms with Gasteiger partial charge in [0.1, 0.15) is 30.6 Å². The molecule has 0 spiro atoms. The molecule has 0 unspecified atom stereocenters. The number of carbonyl (C=O) groups excluding carboxylic acids is 2. The van der Waals surface area contributed by atoms with Crippen LogP contribution in [-0.4, -0.2) is 87.9 Å². The summed E-state index contributed by atoms with van der Waals surface area (Å²) in [6, 6.07) is 11.1. The second kappa shape index (κ2) is 17.5. The third-order valence-electron chi connectivity index (χ3n) is 6.74. The summed E-state index contributed by atoms with van der Waals surface area (Å²) in [4.78, 5) is 34.4. The number of aromatic nitrogens is 2. The van der Waals surface area contributed by atoms with E-state index in [1.54, 1.807) is 42.5 Å². The Kier molecular flexibility index (Phi) is 13.9. The van der Waals surface area contributed by atoms with Gasteiger partial charge >= 0.3 is 0 Å². The highest BCUT2D eigenvalue weighted by Gasteiger charge is 2.24. The molecule has 1 aromatic carbocycles. The van der Waals surface area contributed by atoms with Crippen LogP contribution in [0.1, 0.15) is 46.5 Å². The number of carbonyl (C=O) groups is 2. The number of anilines is 2.